The average molecular weight is 599 g/mol. The molecule has 1 aliphatic heterocycles. The van der Waals surface area contributed by atoms with Crippen LogP contribution in [0.1, 0.15) is 71.8 Å². The fourth-order valence-corrected chi connectivity index (χ4v) is 5.44. The molecule has 0 saturated carbocycles. The first-order valence-electron chi connectivity index (χ1n) is 14.6. The molecule has 0 spiro atoms. The molecule has 1 aromatic heterocycles. The van der Waals surface area contributed by atoms with Crippen LogP contribution < -0.4 is 5.73 Å². The van der Waals surface area contributed by atoms with Gasteiger partial charge in [-0.2, -0.15) is 0 Å². The Kier molecular flexibility index (Phi) is 10.5. The van der Waals surface area contributed by atoms with E-state index in [0.717, 1.165) is 53.0 Å². The molecule has 0 radical (unpaired) electrons. The highest BCUT2D eigenvalue weighted by Gasteiger charge is 2.22. The van der Waals surface area contributed by atoms with Crippen molar-refractivity contribution >= 4 is 47.5 Å². The Morgan fingerprint density at radius 1 is 1.00 bits per heavy atom. The lowest BCUT2D eigenvalue weighted by molar-refractivity contribution is -0.127. The second-order valence-electron chi connectivity index (χ2n) is 10.9. The Bertz CT molecular complexity index is 1580. The molecule has 0 aliphatic carbocycles. The molecule has 0 atom stereocenters. The number of rotatable bonds is 11. The van der Waals surface area contributed by atoms with E-state index >= 15 is 0 Å². The van der Waals surface area contributed by atoms with Gasteiger partial charge in [0.15, 0.2) is 6.29 Å². The van der Waals surface area contributed by atoms with Crippen LogP contribution in [0.4, 0.5) is 5.69 Å². The summed E-state index contributed by atoms with van der Waals surface area (Å²) in [6.45, 7) is 9.92. The summed E-state index contributed by atoms with van der Waals surface area (Å²) in [7, 11) is 1.94. The van der Waals surface area contributed by atoms with E-state index < -0.39 is 0 Å². The first-order chi connectivity index (χ1) is 20.6. The molecule has 0 bridgehead atoms. The molecule has 2 heterocycles. The quantitative estimate of drug-likeness (QED) is 0.245. The van der Waals surface area contributed by atoms with Crippen LogP contribution >= 0.6 is 11.6 Å². The fraction of sp³-hybridized carbons (Fsp3) is 0.324. The smallest absolute Gasteiger partial charge is 0.250 e. The minimum Gasteiger partial charge on any atom is -0.387 e. The van der Waals surface area contributed by atoms with Gasteiger partial charge in [0.1, 0.15) is 11.7 Å². The van der Waals surface area contributed by atoms with Crippen molar-refractivity contribution < 1.29 is 9.59 Å². The maximum Gasteiger partial charge on any atom is 0.250 e. The predicted octanol–water partition coefficient (Wildman–Crippen LogP) is 6.75. The van der Waals surface area contributed by atoms with Gasteiger partial charge in [0.05, 0.1) is 17.3 Å². The summed E-state index contributed by atoms with van der Waals surface area (Å²) in [4.78, 5) is 42.7. The van der Waals surface area contributed by atoms with Crippen LogP contribution in [0, 0.1) is 13.8 Å². The highest BCUT2D eigenvalue weighted by Crippen LogP contribution is 2.38. The van der Waals surface area contributed by atoms with Gasteiger partial charge in [-0.25, -0.2) is 15.0 Å². The number of aldehydes is 1. The third-order valence-corrected chi connectivity index (χ3v) is 7.40. The van der Waals surface area contributed by atoms with Crippen molar-refractivity contribution in [3.05, 3.63) is 87.1 Å². The molecule has 4 rings (SSSR count). The number of benzene rings is 2. The fourth-order valence-electron chi connectivity index (χ4n) is 5.17. The van der Waals surface area contributed by atoms with E-state index in [0.29, 0.717) is 52.9 Å². The van der Waals surface area contributed by atoms with Crippen LogP contribution in [0.5, 0.6) is 0 Å². The number of fused-ring (bicyclic) bond motifs is 1. The minimum absolute atomic E-state index is 0.0372. The van der Waals surface area contributed by atoms with Crippen molar-refractivity contribution in [2.45, 2.75) is 53.5 Å². The lowest BCUT2D eigenvalue weighted by atomic mass is 9.97. The number of hydrogen-bond donors (Lipinski definition) is 1. The predicted molar refractivity (Wildman–Crippen MR) is 175 cm³/mol. The van der Waals surface area contributed by atoms with Gasteiger partial charge in [-0.05, 0) is 86.0 Å². The number of nitrogens with zero attached hydrogens (tertiary/aromatic N) is 5. The topological polar surface area (TPSA) is 105 Å². The largest absolute Gasteiger partial charge is 0.387 e. The molecule has 2 N–H and O–H groups in total. The molecule has 9 heteroatoms. The summed E-state index contributed by atoms with van der Waals surface area (Å²) in [5.41, 5.74) is 13.0. The van der Waals surface area contributed by atoms with E-state index in [9.17, 15) is 9.59 Å². The minimum atomic E-state index is -0.0372. The normalized spacial score (nSPS) is 12.8. The standard InChI is InChI=1S/C34H39ClN6O2/c1-6-11-41(12-7-2)34(43)28-16-29-30(35)17-27(18-31(29)39-32(36)19-28)24-8-9-26(21-42)25(15-24)10-13-40(5)20-33-37-22(3)14-23(4)38-33/h8-10,13-18,21H,6-7,11-12,19-20H2,1-5H3,(H2,36,39)/b13-10-. The Morgan fingerprint density at radius 2 is 1.70 bits per heavy atom. The second-order valence-corrected chi connectivity index (χ2v) is 11.3. The zero-order valence-corrected chi connectivity index (χ0v) is 26.3. The van der Waals surface area contributed by atoms with Gasteiger partial charge in [0.2, 0.25) is 5.91 Å². The van der Waals surface area contributed by atoms with E-state index in [-0.39, 0.29) is 12.3 Å². The Hall–Kier alpha value is -4.30. The van der Waals surface area contributed by atoms with Crippen LogP contribution in [0.2, 0.25) is 5.02 Å². The number of carbonyl (C=O) groups is 2. The molecular formula is C34H39ClN6O2. The van der Waals surface area contributed by atoms with Gasteiger partial charge in [-0.1, -0.05) is 37.6 Å². The van der Waals surface area contributed by atoms with Crippen LogP contribution in [0.15, 0.2) is 53.2 Å². The Labute approximate surface area is 259 Å². The number of hydrogen-bond acceptors (Lipinski definition) is 7. The summed E-state index contributed by atoms with van der Waals surface area (Å²) in [6, 6.07) is 11.3. The van der Waals surface area contributed by atoms with E-state index in [1.165, 1.54) is 0 Å². The number of halogens is 1. The summed E-state index contributed by atoms with van der Waals surface area (Å²) >= 11 is 6.82. The van der Waals surface area contributed by atoms with Crippen molar-refractivity contribution in [2.24, 2.45) is 10.7 Å². The van der Waals surface area contributed by atoms with Crippen LogP contribution in [0.3, 0.4) is 0 Å². The zero-order valence-electron chi connectivity index (χ0n) is 25.5. The van der Waals surface area contributed by atoms with Gasteiger partial charge in [-0.15, -0.1) is 0 Å². The van der Waals surface area contributed by atoms with Crippen molar-refractivity contribution in [1.29, 1.82) is 0 Å². The molecular weight excluding hydrogens is 560 g/mol. The number of aromatic nitrogens is 2. The lowest BCUT2D eigenvalue weighted by Gasteiger charge is -2.22. The van der Waals surface area contributed by atoms with Gasteiger partial charge in [-0.3, -0.25) is 9.59 Å². The number of carbonyl (C=O) groups excluding carboxylic acids is 2. The van der Waals surface area contributed by atoms with Gasteiger partial charge in [0, 0.05) is 54.6 Å². The zero-order chi connectivity index (χ0) is 31.1. The number of amides is 1. The molecule has 0 fully saturated rings. The van der Waals surface area contributed by atoms with Crippen molar-refractivity contribution in [3.8, 4) is 11.1 Å². The highest BCUT2D eigenvalue weighted by atomic mass is 35.5. The molecule has 8 nitrogen and oxygen atoms in total. The van der Waals surface area contributed by atoms with Crippen molar-refractivity contribution in [1.82, 2.24) is 19.8 Å². The molecule has 3 aromatic rings. The third-order valence-electron chi connectivity index (χ3n) is 7.09. The van der Waals surface area contributed by atoms with E-state index in [2.05, 4.69) is 28.8 Å². The maximum atomic E-state index is 13.4. The molecule has 43 heavy (non-hydrogen) atoms. The Balaban J connectivity index is 1.65. The molecule has 2 aromatic carbocycles. The molecule has 224 valence electrons. The molecule has 0 unspecified atom stereocenters. The lowest BCUT2D eigenvalue weighted by Crippen LogP contribution is -2.34. The SMILES string of the molecule is CCCN(CCC)C(=O)C1=Cc2c(Cl)cc(-c3ccc(C=O)c(/C=C\N(C)Cc4nc(C)cc(C)n4)c3)cc2N=C(N)C1. The van der Waals surface area contributed by atoms with Crippen molar-refractivity contribution in [2.75, 3.05) is 20.1 Å². The molecule has 1 amide bonds. The number of aryl methyl sites for hydroxylation is 2. The van der Waals surface area contributed by atoms with E-state index in [1.807, 2.05) is 79.4 Å². The number of nitrogens with two attached hydrogens (primary N) is 1. The first-order valence-corrected chi connectivity index (χ1v) is 14.9. The monoisotopic (exact) mass is 598 g/mol. The maximum absolute atomic E-state index is 13.4. The van der Waals surface area contributed by atoms with Crippen LogP contribution in [0.25, 0.3) is 23.3 Å². The average Bonchev–Trinajstić information content (AvgIpc) is 3.13. The Morgan fingerprint density at radius 3 is 2.35 bits per heavy atom. The molecule has 1 aliphatic rings. The number of aliphatic imine (C=N–C) groups is 1. The van der Waals surface area contributed by atoms with E-state index in [4.69, 9.17) is 17.3 Å². The number of amidine groups is 1. The summed E-state index contributed by atoms with van der Waals surface area (Å²) in [5.74, 6) is 1.05. The second kappa shape index (κ2) is 14.2. The van der Waals surface area contributed by atoms with Crippen LogP contribution in [-0.4, -0.2) is 57.9 Å². The van der Waals surface area contributed by atoms with Crippen molar-refractivity contribution in [3.63, 3.8) is 0 Å². The van der Waals surface area contributed by atoms with E-state index in [1.54, 1.807) is 6.07 Å². The highest BCUT2D eigenvalue weighted by molar-refractivity contribution is 6.33. The van der Waals surface area contributed by atoms with Gasteiger partial charge in [0.25, 0.3) is 0 Å². The molecule has 0 saturated heterocycles. The summed E-state index contributed by atoms with van der Waals surface area (Å²) < 4.78 is 0. The van der Waals surface area contributed by atoms with Crippen LogP contribution in [-0.2, 0) is 11.3 Å². The summed E-state index contributed by atoms with van der Waals surface area (Å²) in [6.07, 6.45) is 8.48. The summed E-state index contributed by atoms with van der Waals surface area (Å²) in [5, 5.41) is 0.471. The van der Waals surface area contributed by atoms with Gasteiger partial charge >= 0.3 is 0 Å². The first kappa shape index (κ1) is 31.6. The third kappa shape index (κ3) is 7.96. The van der Waals surface area contributed by atoms with Gasteiger partial charge < -0.3 is 15.5 Å².